The van der Waals surface area contributed by atoms with Gasteiger partial charge in [-0.05, 0) is 75.6 Å². The minimum absolute atomic E-state index is 0.118. The van der Waals surface area contributed by atoms with Gasteiger partial charge in [0.15, 0.2) is 16.6 Å². The van der Waals surface area contributed by atoms with Crippen LogP contribution in [0.4, 0.5) is 5.13 Å². The van der Waals surface area contributed by atoms with Gasteiger partial charge >= 0.3 is 11.9 Å². The van der Waals surface area contributed by atoms with E-state index in [2.05, 4.69) is 18.8 Å². The molecule has 1 aliphatic rings. The van der Waals surface area contributed by atoms with Crippen LogP contribution >= 0.6 is 11.3 Å². The second-order valence-electron chi connectivity index (χ2n) is 10.4. The molecule has 1 atom stereocenters. The number of unbranched alkanes of at least 4 members (excludes halogenated alkanes) is 2. The molecule has 0 aliphatic carbocycles. The molecule has 240 valence electrons. The number of carbonyl (C=O) groups is 3. The number of thiazole rings is 1. The number of ketones is 1. The number of aliphatic hydroxyl groups is 1. The lowest BCUT2D eigenvalue weighted by atomic mass is 9.95. The van der Waals surface area contributed by atoms with E-state index in [1.54, 1.807) is 56.3 Å². The monoisotopic (exact) mass is 636 g/mol. The average Bonchev–Trinajstić information content (AvgIpc) is 3.54. The molecule has 1 fully saturated rings. The minimum Gasteiger partial charge on any atom is -0.507 e. The highest BCUT2D eigenvalue weighted by atomic mass is 32.1. The van der Waals surface area contributed by atoms with E-state index < -0.39 is 23.7 Å². The predicted octanol–water partition coefficient (Wildman–Crippen LogP) is 7.01. The summed E-state index contributed by atoms with van der Waals surface area (Å²) in [7, 11) is 0. The van der Waals surface area contributed by atoms with E-state index in [4.69, 9.17) is 18.9 Å². The van der Waals surface area contributed by atoms with Crippen molar-refractivity contribution in [2.45, 2.75) is 66.3 Å². The van der Waals surface area contributed by atoms with Crippen LogP contribution in [0.15, 0.2) is 48.0 Å². The van der Waals surface area contributed by atoms with Gasteiger partial charge in [0, 0.05) is 5.56 Å². The fourth-order valence-electron chi connectivity index (χ4n) is 4.82. The first-order valence-electron chi connectivity index (χ1n) is 15.3. The molecule has 2 heterocycles. The number of hydrogen-bond donors (Lipinski definition) is 1. The molecule has 0 spiro atoms. The maximum atomic E-state index is 13.7. The summed E-state index contributed by atoms with van der Waals surface area (Å²) in [5.41, 5.74) is 1.08. The largest absolute Gasteiger partial charge is 0.507 e. The molecule has 1 N–H and O–H groups in total. The van der Waals surface area contributed by atoms with Gasteiger partial charge in [-0.2, -0.15) is 0 Å². The van der Waals surface area contributed by atoms with E-state index in [9.17, 15) is 19.5 Å². The third kappa shape index (κ3) is 7.47. The van der Waals surface area contributed by atoms with E-state index in [0.29, 0.717) is 53.9 Å². The molecule has 1 aromatic heterocycles. The number of benzene rings is 2. The molecule has 3 aromatic rings. The number of hydrogen-bond acceptors (Lipinski definition) is 10. The Labute approximate surface area is 267 Å². The first-order chi connectivity index (χ1) is 21.7. The Morgan fingerprint density at radius 1 is 0.911 bits per heavy atom. The van der Waals surface area contributed by atoms with Crippen LogP contribution in [0.5, 0.6) is 17.2 Å². The summed E-state index contributed by atoms with van der Waals surface area (Å²) in [6.45, 7) is 10.9. The van der Waals surface area contributed by atoms with Gasteiger partial charge in [-0.1, -0.05) is 44.1 Å². The number of aliphatic hydroxyl groups excluding tert-OH is 1. The molecule has 11 heteroatoms. The van der Waals surface area contributed by atoms with Crippen molar-refractivity contribution >= 4 is 39.9 Å². The van der Waals surface area contributed by atoms with Crippen molar-refractivity contribution in [1.29, 1.82) is 0 Å². The normalized spacial score (nSPS) is 15.8. The molecule has 10 nitrogen and oxygen atoms in total. The number of rotatable bonds is 15. The smallest absolute Gasteiger partial charge is 0.350 e. The van der Waals surface area contributed by atoms with Crippen LogP contribution in [-0.2, 0) is 14.3 Å². The highest BCUT2D eigenvalue weighted by Gasteiger charge is 2.48. The summed E-state index contributed by atoms with van der Waals surface area (Å²) in [5, 5.41) is 11.7. The number of amides is 1. The molecule has 4 rings (SSSR count). The lowest BCUT2D eigenvalue weighted by Gasteiger charge is -2.24. The Hall–Kier alpha value is -4.38. The lowest BCUT2D eigenvalue weighted by Crippen LogP contribution is -2.29. The van der Waals surface area contributed by atoms with Crippen molar-refractivity contribution in [3.63, 3.8) is 0 Å². The number of aromatic nitrogens is 1. The number of nitrogens with zero attached hydrogens (tertiary/aromatic N) is 2. The van der Waals surface area contributed by atoms with E-state index in [1.165, 1.54) is 4.90 Å². The summed E-state index contributed by atoms with van der Waals surface area (Å²) in [4.78, 5) is 46.0. The average molecular weight is 637 g/mol. The molecule has 1 amide bonds. The van der Waals surface area contributed by atoms with E-state index in [-0.39, 0.29) is 27.9 Å². The topological polar surface area (TPSA) is 124 Å². The molecule has 0 saturated carbocycles. The second-order valence-corrected chi connectivity index (χ2v) is 11.3. The Balaban J connectivity index is 1.85. The molecule has 0 bridgehead atoms. The molecule has 45 heavy (non-hydrogen) atoms. The van der Waals surface area contributed by atoms with Crippen molar-refractivity contribution in [2.75, 3.05) is 31.3 Å². The number of ether oxygens (including phenoxy) is 4. The second kappa shape index (κ2) is 15.6. The van der Waals surface area contributed by atoms with Crippen LogP contribution in [0.2, 0.25) is 0 Å². The van der Waals surface area contributed by atoms with Crippen LogP contribution in [0.1, 0.15) is 85.9 Å². The summed E-state index contributed by atoms with van der Waals surface area (Å²) < 4.78 is 22.8. The zero-order chi connectivity index (χ0) is 32.5. The number of anilines is 1. The molecule has 1 aliphatic heterocycles. The van der Waals surface area contributed by atoms with Crippen LogP contribution in [0.25, 0.3) is 5.76 Å². The van der Waals surface area contributed by atoms with Gasteiger partial charge in [0.25, 0.3) is 5.78 Å². The molecule has 1 saturated heterocycles. The van der Waals surface area contributed by atoms with Crippen molar-refractivity contribution < 1.29 is 38.4 Å². The van der Waals surface area contributed by atoms with Gasteiger partial charge in [0.2, 0.25) is 0 Å². The molecular formula is C34H40N2O8S. The third-order valence-electron chi connectivity index (χ3n) is 7.13. The first-order valence-corrected chi connectivity index (χ1v) is 16.1. The molecular weight excluding hydrogens is 596 g/mol. The van der Waals surface area contributed by atoms with Gasteiger partial charge in [0.1, 0.15) is 16.4 Å². The summed E-state index contributed by atoms with van der Waals surface area (Å²) in [5.74, 6) is -1.09. The lowest BCUT2D eigenvalue weighted by molar-refractivity contribution is -0.132. The van der Waals surface area contributed by atoms with Crippen molar-refractivity contribution in [2.24, 2.45) is 0 Å². The fourth-order valence-corrected chi connectivity index (χ4v) is 5.81. The Kier molecular flexibility index (Phi) is 11.6. The third-order valence-corrected chi connectivity index (χ3v) is 8.27. The van der Waals surface area contributed by atoms with Crippen LogP contribution in [-0.4, -0.2) is 54.2 Å². The van der Waals surface area contributed by atoms with Crippen molar-refractivity contribution in [1.82, 2.24) is 4.98 Å². The molecule has 1 unspecified atom stereocenters. The SMILES string of the molecule is CCCCOc1ccc(/C(O)=C2/C(=O)C(=O)N(c3nc(C)c(C(=O)OCC)s3)C2c2ccc(OCCCC)c(OCC)c2)cc1. The van der Waals surface area contributed by atoms with Gasteiger partial charge in [-0.15, -0.1) is 0 Å². The fraction of sp³-hybridized carbons (Fsp3) is 0.412. The highest BCUT2D eigenvalue weighted by molar-refractivity contribution is 7.17. The first kappa shape index (κ1) is 33.5. The number of carbonyl (C=O) groups excluding carboxylic acids is 3. The summed E-state index contributed by atoms with van der Waals surface area (Å²) in [6.07, 6.45) is 3.73. The maximum Gasteiger partial charge on any atom is 0.350 e. The predicted molar refractivity (Wildman–Crippen MR) is 172 cm³/mol. The number of aryl methyl sites for hydroxylation is 1. The van der Waals surface area contributed by atoms with Gasteiger partial charge in [0.05, 0.1) is 43.7 Å². The Morgan fingerprint density at radius 3 is 2.24 bits per heavy atom. The maximum absolute atomic E-state index is 13.7. The van der Waals surface area contributed by atoms with Crippen molar-refractivity contribution in [3.8, 4) is 17.2 Å². The Bertz CT molecular complexity index is 1550. The highest BCUT2D eigenvalue weighted by Crippen LogP contribution is 2.45. The van der Waals surface area contributed by atoms with E-state index >= 15 is 0 Å². The van der Waals surface area contributed by atoms with E-state index in [0.717, 1.165) is 37.0 Å². The quantitative estimate of drug-likeness (QED) is 0.0617. The molecule has 2 aromatic carbocycles. The summed E-state index contributed by atoms with van der Waals surface area (Å²) >= 11 is 0.952. The number of esters is 1. The zero-order valence-electron chi connectivity index (χ0n) is 26.4. The summed E-state index contributed by atoms with van der Waals surface area (Å²) in [6, 6.07) is 10.8. The van der Waals surface area contributed by atoms with Crippen molar-refractivity contribution in [3.05, 3.63) is 69.7 Å². The van der Waals surface area contributed by atoms with E-state index in [1.807, 2.05) is 6.92 Å². The number of Topliss-reactive ketones (excluding diaryl/α,β-unsaturated/α-hetero) is 1. The van der Waals surface area contributed by atoms with Crippen LogP contribution in [0.3, 0.4) is 0 Å². The van der Waals surface area contributed by atoms with Gasteiger partial charge in [-0.25, -0.2) is 9.78 Å². The molecule has 0 radical (unpaired) electrons. The minimum atomic E-state index is -1.07. The van der Waals surface area contributed by atoms with Gasteiger partial charge < -0.3 is 24.1 Å². The van der Waals surface area contributed by atoms with Crippen LogP contribution < -0.4 is 19.1 Å². The zero-order valence-corrected chi connectivity index (χ0v) is 27.2. The van der Waals surface area contributed by atoms with Gasteiger partial charge in [-0.3, -0.25) is 14.5 Å². The van der Waals surface area contributed by atoms with Crippen LogP contribution in [0, 0.1) is 6.92 Å². The standard InChI is InChI=1S/C34H40N2O8S/c1-6-10-18-43-24-15-12-22(13-16-24)29(37)27-28(23-14-17-25(44-19-11-7-2)26(20-23)41-8-3)36(32(39)30(27)38)34-35-21(5)31(45-34)33(40)42-9-4/h12-17,20,28,37H,6-11,18-19H2,1-5H3/b29-27-. The Morgan fingerprint density at radius 2 is 1.60 bits per heavy atom.